The van der Waals surface area contributed by atoms with E-state index in [2.05, 4.69) is 24.1 Å². The summed E-state index contributed by atoms with van der Waals surface area (Å²) in [6.07, 6.45) is 5.41. The Hall–Kier alpha value is -0.450. The maximum Gasteiger partial charge on any atom is 0.107 e. The highest BCUT2D eigenvalue weighted by Crippen LogP contribution is 2.13. The number of nitrogens with zero attached hydrogens (tertiary/aromatic N) is 1. The molecule has 1 aromatic heterocycles. The fourth-order valence-corrected chi connectivity index (χ4v) is 2.42. The van der Waals surface area contributed by atoms with Crippen LogP contribution in [0.25, 0.3) is 0 Å². The summed E-state index contributed by atoms with van der Waals surface area (Å²) in [7, 11) is 0. The maximum atomic E-state index is 5.49. The normalized spacial score (nSPS) is 12.9. The minimum atomic E-state index is 0.703. The van der Waals surface area contributed by atoms with E-state index in [1.165, 1.54) is 16.3 Å². The van der Waals surface area contributed by atoms with Crippen LogP contribution in [0.4, 0.5) is 0 Å². The minimum Gasteiger partial charge on any atom is -0.330 e. The lowest BCUT2D eigenvalue weighted by atomic mass is 10.1. The van der Waals surface area contributed by atoms with Gasteiger partial charge in [-0.15, -0.1) is 11.3 Å². The molecule has 0 saturated heterocycles. The summed E-state index contributed by atoms with van der Waals surface area (Å²) in [4.78, 5) is 5.75. The number of hydrogen-bond acceptors (Lipinski definition) is 4. The molecular weight excluding hydrogens is 218 g/mol. The van der Waals surface area contributed by atoms with Gasteiger partial charge in [-0.25, -0.2) is 4.98 Å². The number of aromatic nitrogens is 1. The third-order valence-corrected chi connectivity index (χ3v) is 3.76. The van der Waals surface area contributed by atoms with Crippen LogP contribution in [0.15, 0.2) is 6.20 Å². The van der Waals surface area contributed by atoms with E-state index in [0.29, 0.717) is 5.92 Å². The second-order valence-electron chi connectivity index (χ2n) is 4.24. The lowest BCUT2D eigenvalue weighted by Gasteiger charge is -2.10. The molecule has 3 N–H and O–H groups in total. The molecule has 16 heavy (non-hydrogen) atoms. The number of nitrogens with one attached hydrogen (secondary N) is 1. The summed E-state index contributed by atoms with van der Waals surface area (Å²) in [6.45, 7) is 7.19. The van der Waals surface area contributed by atoms with Crippen molar-refractivity contribution in [2.75, 3.05) is 13.1 Å². The van der Waals surface area contributed by atoms with Crippen LogP contribution in [-0.2, 0) is 13.0 Å². The van der Waals surface area contributed by atoms with Crippen molar-refractivity contribution < 1.29 is 0 Å². The van der Waals surface area contributed by atoms with Crippen molar-refractivity contribution in [1.29, 1.82) is 0 Å². The van der Waals surface area contributed by atoms with E-state index < -0.39 is 0 Å². The van der Waals surface area contributed by atoms with Crippen molar-refractivity contribution in [3.63, 3.8) is 0 Å². The highest BCUT2D eigenvalue weighted by molar-refractivity contribution is 7.11. The molecule has 1 rings (SSSR count). The van der Waals surface area contributed by atoms with E-state index in [1.807, 2.05) is 17.5 Å². The van der Waals surface area contributed by atoms with Crippen LogP contribution >= 0.6 is 11.3 Å². The Morgan fingerprint density at radius 2 is 2.38 bits per heavy atom. The summed E-state index contributed by atoms with van der Waals surface area (Å²) < 4.78 is 0. The largest absolute Gasteiger partial charge is 0.330 e. The third kappa shape index (κ3) is 5.05. The molecule has 0 bridgehead atoms. The molecule has 0 saturated carbocycles. The van der Waals surface area contributed by atoms with Gasteiger partial charge in [0.1, 0.15) is 5.01 Å². The van der Waals surface area contributed by atoms with Gasteiger partial charge in [0.2, 0.25) is 0 Å². The predicted octanol–water partition coefficient (Wildman–Crippen LogP) is 2.17. The first kappa shape index (κ1) is 13.6. The molecule has 0 aromatic carbocycles. The van der Waals surface area contributed by atoms with Gasteiger partial charge in [0.05, 0.1) is 0 Å². The van der Waals surface area contributed by atoms with Crippen molar-refractivity contribution in [1.82, 2.24) is 10.3 Å². The zero-order valence-electron chi connectivity index (χ0n) is 10.3. The Labute approximate surface area is 102 Å². The predicted molar refractivity (Wildman–Crippen MR) is 70.7 cm³/mol. The monoisotopic (exact) mass is 241 g/mol. The number of thiazole rings is 1. The number of hydrogen-bond donors (Lipinski definition) is 2. The highest BCUT2D eigenvalue weighted by Gasteiger charge is 2.03. The van der Waals surface area contributed by atoms with Gasteiger partial charge in [-0.2, -0.15) is 0 Å². The van der Waals surface area contributed by atoms with Crippen LogP contribution in [0.5, 0.6) is 0 Å². The van der Waals surface area contributed by atoms with E-state index in [1.54, 1.807) is 0 Å². The molecule has 0 radical (unpaired) electrons. The van der Waals surface area contributed by atoms with Crippen LogP contribution in [0, 0.1) is 5.92 Å². The molecule has 0 fully saturated rings. The molecule has 3 nitrogen and oxygen atoms in total. The lowest BCUT2D eigenvalue weighted by Crippen LogP contribution is -2.21. The fourth-order valence-electron chi connectivity index (χ4n) is 1.59. The summed E-state index contributed by atoms with van der Waals surface area (Å²) in [5.74, 6) is 0.703. The SMILES string of the molecule is CCc1cnc(CNCC(C)CCCN)s1. The van der Waals surface area contributed by atoms with Crippen LogP contribution in [0.3, 0.4) is 0 Å². The average Bonchev–Trinajstić information content (AvgIpc) is 2.74. The van der Waals surface area contributed by atoms with Gasteiger partial charge in [-0.1, -0.05) is 13.8 Å². The molecule has 92 valence electrons. The van der Waals surface area contributed by atoms with Gasteiger partial charge < -0.3 is 11.1 Å². The second kappa shape index (κ2) is 7.76. The van der Waals surface area contributed by atoms with Crippen LogP contribution < -0.4 is 11.1 Å². The molecule has 0 aliphatic rings. The van der Waals surface area contributed by atoms with Crippen LogP contribution in [0.1, 0.15) is 36.6 Å². The second-order valence-corrected chi connectivity index (χ2v) is 5.44. The van der Waals surface area contributed by atoms with E-state index in [4.69, 9.17) is 5.73 Å². The number of rotatable bonds is 8. The summed E-state index contributed by atoms with van der Waals surface area (Å²) in [5, 5.41) is 4.65. The van der Waals surface area contributed by atoms with Crippen LogP contribution in [0.2, 0.25) is 0 Å². The quantitative estimate of drug-likeness (QED) is 0.733. The van der Waals surface area contributed by atoms with Crippen molar-refractivity contribution >= 4 is 11.3 Å². The van der Waals surface area contributed by atoms with Crippen molar-refractivity contribution in [2.45, 2.75) is 39.7 Å². The fraction of sp³-hybridized carbons (Fsp3) is 0.750. The van der Waals surface area contributed by atoms with Crippen molar-refractivity contribution in [3.05, 3.63) is 16.1 Å². The molecule has 1 aromatic rings. The first-order valence-electron chi connectivity index (χ1n) is 6.10. The highest BCUT2D eigenvalue weighted by atomic mass is 32.1. The summed E-state index contributed by atoms with van der Waals surface area (Å²) in [6, 6.07) is 0. The van der Waals surface area contributed by atoms with Gasteiger partial charge in [0.25, 0.3) is 0 Å². The van der Waals surface area contributed by atoms with Gasteiger partial charge in [0.15, 0.2) is 0 Å². The van der Waals surface area contributed by atoms with Gasteiger partial charge >= 0.3 is 0 Å². The first-order valence-corrected chi connectivity index (χ1v) is 6.92. The number of aryl methyl sites for hydroxylation is 1. The Kier molecular flexibility index (Phi) is 6.61. The maximum absolute atomic E-state index is 5.49. The van der Waals surface area contributed by atoms with E-state index in [9.17, 15) is 0 Å². The summed E-state index contributed by atoms with van der Waals surface area (Å²) >= 11 is 1.81. The molecule has 0 aliphatic heterocycles. The first-order chi connectivity index (χ1) is 7.76. The van der Waals surface area contributed by atoms with Gasteiger partial charge in [-0.05, 0) is 38.3 Å². The standard InChI is InChI=1S/C12H23N3S/c1-3-11-8-15-12(16-11)9-14-7-10(2)5-4-6-13/h8,10,14H,3-7,9,13H2,1-2H3. The lowest BCUT2D eigenvalue weighted by molar-refractivity contribution is 0.469. The molecule has 1 atom stereocenters. The average molecular weight is 241 g/mol. The van der Waals surface area contributed by atoms with E-state index >= 15 is 0 Å². The van der Waals surface area contributed by atoms with Crippen LogP contribution in [-0.4, -0.2) is 18.1 Å². The van der Waals surface area contributed by atoms with E-state index in [-0.39, 0.29) is 0 Å². The molecule has 0 spiro atoms. The Morgan fingerprint density at radius 1 is 1.56 bits per heavy atom. The zero-order valence-corrected chi connectivity index (χ0v) is 11.1. The Morgan fingerprint density at radius 3 is 3.00 bits per heavy atom. The van der Waals surface area contributed by atoms with E-state index in [0.717, 1.165) is 32.5 Å². The Bertz CT molecular complexity index is 286. The molecule has 0 aliphatic carbocycles. The minimum absolute atomic E-state index is 0.703. The van der Waals surface area contributed by atoms with Crippen molar-refractivity contribution in [2.24, 2.45) is 11.7 Å². The number of nitrogens with two attached hydrogens (primary N) is 1. The molecule has 0 amide bonds. The van der Waals surface area contributed by atoms with Gasteiger partial charge in [-0.3, -0.25) is 0 Å². The third-order valence-electron chi connectivity index (χ3n) is 2.62. The smallest absolute Gasteiger partial charge is 0.107 e. The molecule has 4 heteroatoms. The zero-order chi connectivity index (χ0) is 11.8. The summed E-state index contributed by atoms with van der Waals surface area (Å²) in [5.41, 5.74) is 5.49. The molecular formula is C12H23N3S. The van der Waals surface area contributed by atoms with Gasteiger partial charge in [0, 0.05) is 17.6 Å². The van der Waals surface area contributed by atoms with Crippen molar-refractivity contribution in [3.8, 4) is 0 Å². The molecule has 1 unspecified atom stereocenters. The topological polar surface area (TPSA) is 50.9 Å². The Balaban J connectivity index is 2.14. The molecule has 1 heterocycles.